The molecule has 11 heteroatoms. The number of carbonyl (C=O) groups is 4. The van der Waals surface area contributed by atoms with Crippen LogP contribution in [-0.4, -0.2) is 77.5 Å². The number of fused-ring (bicyclic) bond motifs is 2. The number of aryl methyl sites for hydroxylation is 1. The van der Waals surface area contributed by atoms with Crippen molar-refractivity contribution < 1.29 is 28.7 Å². The van der Waals surface area contributed by atoms with E-state index in [9.17, 15) is 19.2 Å². The molecule has 280 valence electrons. The predicted octanol–water partition coefficient (Wildman–Crippen LogP) is 5.43. The minimum absolute atomic E-state index is 0.154. The number of ether oxygens (including phenoxy) is 2. The van der Waals surface area contributed by atoms with Gasteiger partial charge >= 0.3 is 6.09 Å². The Kier molecular flexibility index (Phi) is 13.2. The highest BCUT2D eigenvalue weighted by molar-refractivity contribution is 5.94. The first-order valence-corrected chi connectivity index (χ1v) is 18.4. The minimum atomic E-state index is -0.992. The zero-order valence-electron chi connectivity index (χ0n) is 31.8. The largest absolute Gasteiger partial charge is 0.494 e. The summed E-state index contributed by atoms with van der Waals surface area (Å²) >= 11 is 0. The van der Waals surface area contributed by atoms with Crippen molar-refractivity contribution in [3.8, 4) is 5.75 Å². The number of nitrogens with two attached hydrogens (primary N) is 1. The molecule has 2 aliphatic rings. The van der Waals surface area contributed by atoms with Crippen LogP contribution in [0.1, 0.15) is 109 Å². The van der Waals surface area contributed by atoms with Crippen molar-refractivity contribution in [2.75, 3.05) is 20.2 Å². The predicted molar refractivity (Wildman–Crippen MR) is 198 cm³/mol. The van der Waals surface area contributed by atoms with Crippen LogP contribution in [0.25, 0.3) is 0 Å². The zero-order chi connectivity index (χ0) is 37.5. The lowest BCUT2D eigenvalue weighted by Gasteiger charge is -2.42. The van der Waals surface area contributed by atoms with E-state index in [2.05, 4.69) is 22.8 Å². The molecule has 2 aromatic rings. The molecule has 1 heterocycles. The molecule has 4 atom stereocenters. The monoisotopic (exact) mass is 705 g/mol. The number of likely N-dealkylation sites (N-methyl/N-ethyl adjacent to an activating group) is 1. The molecule has 11 nitrogen and oxygen atoms in total. The van der Waals surface area contributed by atoms with E-state index >= 15 is 0 Å². The van der Waals surface area contributed by atoms with Gasteiger partial charge < -0.3 is 30.7 Å². The van der Waals surface area contributed by atoms with Crippen LogP contribution in [0.3, 0.4) is 0 Å². The summed E-state index contributed by atoms with van der Waals surface area (Å²) < 4.78 is 11.5. The van der Waals surface area contributed by atoms with Crippen molar-refractivity contribution >= 4 is 23.8 Å². The van der Waals surface area contributed by atoms with Gasteiger partial charge in [-0.2, -0.15) is 0 Å². The Balaban J connectivity index is 1.61. The van der Waals surface area contributed by atoms with Crippen LogP contribution >= 0.6 is 0 Å². The van der Waals surface area contributed by atoms with Gasteiger partial charge in [-0.05, 0) is 113 Å². The van der Waals surface area contributed by atoms with E-state index < -0.39 is 41.1 Å². The molecule has 51 heavy (non-hydrogen) atoms. The maximum absolute atomic E-state index is 14.8. The van der Waals surface area contributed by atoms with Crippen molar-refractivity contribution in [1.29, 1.82) is 0 Å². The molecule has 1 aliphatic carbocycles. The summed E-state index contributed by atoms with van der Waals surface area (Å²) in [5, 5.41) is 6.23. The average molecular weight is 706 g/mol. The Morgan fingerprint density at radius 1 is 0.980 bits per heavy atom. The smallest absolute Gasteiger partial charge is 0.410 e. The first-order chi connectivity index (χ1) is 24.0. The maximum atomic E-state index is 14.8. The Labute approximate surface area is 304 Å². The molecular formula is C40H59N5O6. The van der Waals surface area contributed by atoms with Gasteiger partial charge in [0, 0.05) is 20.0 Å². The number of rotatable bonds is 12. The molecule has 0 aromatic heterocycles. The fourth-order valence-corrected chi connectivity index (χ4v) is 6.65. The third-order valence-electron chi connectivity index (χ3n) is 9.74. The molecule has 0 fully saturated rings. The van der Waals surface area contributed by atoms with Crippen LogP contribution in [0.5, 0.6) is 5.75 Å². The SMILES string of the molecule is C[C@@H](C(=O)N[C@H](C(=O)N1Cc2cc(OCCCCCN)ccc2C[C@H]1C(=O)N[C@@H]1CCCc2ccccc21)C(C)(C)C)N(C)C(=O)OC(C)(C)C. The second-order valence-corrected chi connectivity index (χ2v) is 16.0. The fourth-order valence-electron chi connectivity index (χ4n) is 6.65. The van der Waals surface area contributed by atoms with Crippen LogP contribution in [0.15, 0.2) is 42.5 Å². The first-order valence-electron chi connectivity index (χ1n) is 18.4. The summed E-state index contributed by atoms with van der Waals surface area (Å²) in [4.78, 5) is 58.3. The number of amides is 4. The summed E-state index contributed by atoms with van der Waals surface area (Å²) in [6.07, 6.45) is 5.24. The Bertz CT molecular complexity index is 1550. The van der Waals surface area contributed by atoms with Gasteiger partial charge in [-0.15, -0.1) is 0 Å². The number of carbonyl (C=O) groups excluding carboxylic acids is 4. The van der Waals surface area contributed by atoms with Crippen LogP contribution in [0.4, 0.5) is 4.79 Å². The molecule has 0 radical (unpaired) electrons. The second-order valence-electron chi connectivity index (χ2n) is 16.0. The van der Waals surface area contributed by atoms with Crippen LogP contribution in [0.2, 0.25) is 0 Å². The third kappa shape index (κ3) is 10.5. The van der Waals surface area contributed by atoms with Crippen molar-refractivity contribution in [1.82, 2.24) is 20.4 Å². The summed E-state index contributed by atoms with van der Waals surface area (Å²) in [6.45, 7) is 13.9. The average Bonchev–Trinajstić information content (AvgIpc) is 3.07. The third-order valence-corrected chi connectivity index (χ3v) is 9.74. The van der Waals surface area contributed by atoms with Gasteiger partial charge in [0.25, 0.3) is 0 Å². The van der Waals surface area contributed by atoms with E-state index in [4.69, 9.17) is 15.2 Å². The van der Waals surface area contributed by atoms with Crippen molar-refractivity contribution in [2.45, 2.75) is 130 Å². The number of benzene rings is 2. The topological polar surface area (TPSA) is 143 Å². The fraction of sp³-hybridized carbons (Fsp3) is 0.600. The van der Waals surface area contributed by atoms with E-state index in [0.29, 0.717) is 25.3 Å². The summed E-state index contributed by atoms with van der Waals surface area (Å²) in [7, 11) is 1.50. The molecule has 0 bridgehead atoms. The van der Waals surface area contributed by atoms with Crippen LogP contribution < -0.4 is 21.1 Å². The molecule has 4 rings (SSSR count). The lowest BCUT2D eigenvalue weighted by molar-refractivity contribution is -0.147. The maximum Gasteiger partial charge on any atom is 0.410 e. The van der Waals surface area contributed by atoms with Gasteiger partial charge in [-0.3, -0.25) is 19.3 Å². The van der Waals surface area contributed by atoms with E-state index in [1.54, 1.807) is 32.6 Å². The van der Waals surface area contributed by atoms with Gasteiger partial charge in [-0.1, -0.05) is 51.1 Å². The van der Waals surface area contributed by atoms with E-state index in [1.165, 1.54) is 17.5 Å². The highest BCUT2D eigenvalue weighted by Crippen LogP contribution is 2.33. The molecule has 0 saturated carbocycles. The molecule has 0 spiro atoms. The highest BCUT2D eigenvalue weighted by atomic mass is 16.6. The van der Waals surface area contributed by atoms with Gasteiger partial charge in [0.15, 0.2) is 0 Å². The Morgan fingerprint density at radius 2 is 1.71 bits per heavy atom. The van der Waals surface area contributed by atoms with Crippen molar-refractivity contribution in [3.05, 3.63) is 64.7 Å². The van der Waals surface area contributed by atoms with Crippen molar-refractivity contribution in [3.63, 3.8) is 0 Å². The van der Waals surface area contributed by atoms with E-state index in [0.717, 1.165) is 55.2 Å². The molecule has 4 N–H and O–H groups in total. The molecule has 0 saturated heterocycles. The standard InChI is InChI=1S/C40H59N5O6/c1-26(44(8)38(49)51-40(5,6)7)35(46)43-34(39(2,3)4)37(48)45-25-29-23-30(50-22-13-9-12-21-41)20-19-28(29)24-33(45)36(47)42-32-18-14-16-27-15-10-11-17-31(27)32/h10-11,15,17,19-20,23,26,32-34H,9,12-14,16,18,21-22,24-25,41H2,1-8H3,(H,42,47)(H,43,46)/t26-,32+,33-,34+/m0/s1. The normalized spacial score (nSPS) is 18.4. The van der Waals surface area contributed by atoms with Gasteiger partial charge in [0.2, 0.25) is 17.7 Å². The minimum Gasteiger partial charge on any atom is -0.494 e. The Morgan fingerprint density at radius 3 is 2.39 bits per heavy atom. The number of nitrogens with one attached hydrogen (secondary N) is 2. The van der Waals surface area contributed by atoms with Gasteiger partial charge in [-0.25, -0.2) is 4.79 Å². The van der Waals surface area contributed by atoms with E-state index in [1.807, 2.05) is 51.1 Å². The number of hydrogen-bond acceptors (Lipinski definition) is 7. The lowest BCUT2D eigenvalue weighted by atomic mass is 9.83. The first kappa shape index (κ1) is 39.7. The number of nitrogens with zero attached hydrogens (tertiary/aromatic N) is 2. The molecular weight excluding hydrogens is 646 g/mol. The van der Waals surface area contributed by atoms with E-state index in [-0.39, 0.29) is 24.4 Å². The molecule has 1 aliphatic heterocycles. The van der Waals surface area contributed by atoms with Gasteiger partial charge in [0.05, 0.1) is 12.6 Å². The van der Waals surface area contributed by atoms with Gasteiger partial charge in [0.1, 0.15) is 29.5 Å². The van der Waals surface area contributed by atoms with Crippen LogP contribution in [0, 0.1) is 5.41 Å². The zero-order valence-corrected chi connectivity index (χ0v) is 31.8. The number of hydrogen-bond donors (Lipinski definition) is 3. The highest BCUT2D eigenvalue weighted by Gasteiger charge is 2.43. The summed E-state index contributed by atoms with van der Waals surface area (Å²) in [6, 6.07) is 11.2. The molecule has 4 amide bonds. The second kappa shape index (κ2) is 16.9. The Hall–Kier alpha value is -4.12. The summed E-state index contributed by atoms with van der Waals surface area (Å²) in [5.41, 5.74) is 8.38. The molecule has 0 unspecified atom stereocenters. The van der Waals surface area contributed by atoms with Crippen LogP contribution in [-0.2, 0) is 38.5 Å². The van der Waals surface area contributed by atoms with Crippen molar-refractivity contribution in [2.24, 2.45) is 11.1 Å². The molecule has 2 aromatic carbocycles. The number of unbranched alkanes of at least 4 members (excludes halogenated alkanes) is 2. The summed E-state index contributed by atoms with van der Waals surface area (Å²) in [5.74, 6) is -0.395. The lowest BCUT2D eigenvalue weighted by Crippen LogP contribution is -2.62. The quantitative estimate of drug-likeness (QED) is 0.250.